The number of alkyl halides is 3. The normalized spacial score (nSPS) is 16.5. The molecule has 0 radical (unpaired) electrons. The van der Waals surface area contributed by atoms with E-state index in [4.69, 9.17) is 9.72 Å². The van der Waals surface area contributed by atoms with Crippen molar-refractivity contribution in [2.75, 3.05) is 7.11 Å². The van der Waals surface area contributed by atoms with Crippen LogP contribution >= 0.6 is 0 Å². The van der Waals surface area contributed by atoms with Crippen LogP contribution in [0.1, 0.15) is 63.0 Å². The first-order valence-corrected chi connectivity index (χ1v) is 13.3. The van der Waals surface area contributed by atoms with Crippen molar-refractivity contribution in [3.05, 3.63) is 66.1 Å². The summed E-state index contributed by atoms with van der Waals surface area (Å²) in [6.45, 7) is 8.45. The van der Waals surface area contributed by atoms with Gasteiger partial charge in [0.15, 0.2) is 17.2 Å². The molecule has 6 rings (SSSR count). The Morgan fingerprint density at radius 3 is 2.41 bits per heavy atom. The lowest BCUT2D eigenvalue weighted by molar-refractivity contribution is -0.140. The molecule has 0 amide bonds. The quantitative estimate of drug-likeness (QED) is 0.229. The van der Waals surface area contributed by atoms with E-state index in [1.54, 1.807) is 36.3 Å². The molecule has 12 heteroatoms. The van der Waals surface area contributed by atoms with Crippen LogP contribution < -0.4 is 4.74 Å². The van der Waals surface area contributed by atoms with Crippen molar-refractivity contribution in [1.29, 1.82) is 0 Å². The van der Waals surface area contributed by atoms with Gasteiger partial charge in [-0.1, -0.05) is 38.1 Å². The third kappa shape index (κ3) is 4.91. The Morgan fingerprint density at radius 1 is 1.05 bits per heavy atom. The van der Waals surface area contributed by atoms with Gasteiger partial charge in [-0.15, -0.1) is 0 Å². The number of aromatic nitrogens is 8. The Hall–Kier alpha value is -4.35. The second-order valence-electron chi connectivity index (χ2n) is 11.3. The van der Waals surface area contributed by atoms with Crippen molar-refractivity contribution in [2.45, 2.75) is 58.8 Å². The molecule has 1 aromatic carbocycles. The molecule has 212 valence electrons. The van der Waals surface area contributed by atoms with Crippen LogP contribution in [0, 0.1) is 5.41 Å². The number of ether oxygens (including phenoxy) is 1. The van der Waals surface area contributed by atoms with Crippen LogP contribution in [-0.4, -0.2) is 46.4 Å². The third-order valence-corrected chi connectivity index (χ3v) is 7.60. The predicted octanol–water partition coefficient (Wildman–Crippen LogP) is 6.32. The summed E-state index contributed by atoms with van der Waals surface area (Å²) in [7, 11) is 1.57. The molecule has 1 atom stereocenters. The monoisotopic (exact) mass is 562 g/mol. The first-order chi connectivity index (χ1) is 19.5. The summed E-state index contributed by atoms with van der Waals surface area (Å²) < 4.78 is 48.9. The molecule has 1 aliphatic carbocycles. The van der Waals surface area contributed by atoms with Crippen LogP contribution in [0.3, 0.4) is 0 Å². The van der Waals surface area contributed by atoms with Gasteiger partial charge >= 0.3 is 6.18 Å². The molecule has 4 aromatic heterocycles. The van der Waals surface area contributed by atoms with Gasteiger partial charge in [0.1, 0.15) is 17.7 Å². The predicted molar refractivity (Wildman–Crippen MR) is 146 cm³/mol. The summed E-state index contributed by atoms with van der Waals surface area (Å²) in [5, 5.41) is 5.29. The lowest BCUT2D eigenvalue weighted by Gasteiger charge is -2.13. The molecule has 0 N–H and O–H groups in total. The summed E-state index contributed by atoms with van der Waals surface area (Å²) in [5.74, 6) is 1.42. The highest BCUT2D eigenvalue weighted by atomic mass is 19.4. The maximum Gasteiger partial charge on any atom is 0.434 e. The van der Waals surface area contributed by atoms with E-state index in [2.05, 4.69) is 38.9 Å². The van der Waals surface area contributed by atoms with E-state index in [-0.39, 0.29) is 23.2 Å². The summed E-state index contributed by atoms with van der Waals surface area (Å²) in [6, 6.07) is 7.09. The van der Waals surface area contributed by atoms with E-state index < -0.39 is 11.9 Å². The van der Waals surface area contributed by atoms with Crippen molar-refractivity contribution in [3.8, 4) is 28.7 Å². The molecular weight excluding hydrogens is 533 g/mol. The van der Waals surface area contributed by atoms with Gasteiger partial charge in [-0.05, 0) is 31.2 Å². The molecule has 4 heterocycles. The second-order valence-corrected chi connectivity index (χ2v) is 11.3. The number of fused-ring (bicyclic) bond motifs is 1. The van der Waals surface area contributed by atoms with Gasteiger partial charge in [-0.2, -0.15) is 18.3 Å². The number of imidazole rings is 1. The van der Waals surface area contributed by atoms with Gasteiger partial charge in [-0.25, -0.2) is 29.6 Å². The number of hydrogen-bond acceptors (Lipinski definition) is 7. The number of nitrogens with zero attached hydrogens (tertiary/aromatic N) is 8. The maximum absolute atomic E-state index is 13.3. The Kier molecular flexibility index (Phi) is 6.31. The lowest BCUT2D eigenvalue weighted by atomic mass is 10.0. The largest absolute Gasteiger partial charge is 0.480 e. The van der Waals surface area contributed by atoms with E-state index >= 15 is 0 Å². The molecule has 0 bridgehead atoms. The van der Waals surface area contributed by atoms with E-state index in [0.717, 1.165) is 29.3 Å². The Morgan fingerprint density at radius 2 is 1.78 bits per heavy atom. The number of methoxy groups -OCH3 is 1. The maximum atomic E-state index is 13.3. The fraction of sp³-hybridized carbons (Fsp3) is 0.379. The molecular formula is C29H29F3N8O. The minimum Gasteiger partial charge on any atom is -0.480 e. The van der Waals surface area contributed by atoms with Gasteiger partial charge in [0, 0.05) is 29.9 Å². The van der Waals surface area contributed by atoms with Crippen LogP contribution in [-0.2, 0) is 12.7 Å². The Labute approximate surface area is 234 Å². The average molecular weight is 563 g/mol. The van der Waals surface area contributed by atoms with Crippen molar-refractivity contribution in [1.82, 2.24) is 39.3 Å². The van der Waals surface area contributed by atoms with E-state index in [9.17, 15) is 13.2 Å². The highest BCUT2D eigenvalue weighted by molar-refractivity contribution is 5.77. The zero-order valence-corrected chi connectivity index (χ0v) is 23.3. The topological polar surface area (TPSA) is 96.4 Å². The Balaban J connectivity index is 1.32. The second kappa shape index (κ2) is 9.64. The van der Waals surface area contributed by atoms with Gasteiger partial charge in [0.25, 0.3) is 0 Å². The van der Waals surface area contributed by atoms with Crippen molar-refractivity contribution < 1.29 is 17.9 Å². The average Bonchev–Trinajstić information content (AvgIpc) is 3.25. The molecule has 0 saturated heterocycles. The Bertz CT molecular complexity index is 1740. The molecule has 0 spiro atoms. The van der Waals surface area contributed by atoms with Crippen LogP contribution in [0.15, 0.2) is 49.2 Å². The fourth-order valence-corrected chi connectivity index (χ4v) is 5.12. The van der Waals surface area contributed by atoms with Crippen molar-refractivity contribution >= 4 is 11.0 Å². The van der Waals surface area contributed by atoms with Gasteiger partial charge in [-0.3, -0.25) is 0 Å². The smallest absolute Gasteiger partial charge is 0.434 e. The SMILES string of the molecule is COc1ncnc(C2CC2(C)C)c1-c1ncc2cnn(Cc3ccc(-c4nc(C(F)(F)F)cn4C(C)C)cc3)c2n1. The summed E-state index contributed by atoms with van der Waals surface area (Å²) >= 11 is 0. The van der Waals surface area contributed by atoms with Crippen molar-refractivity contribution in [2.24, 2.45) is 5.41 Å². The van der Waals surface area contributed by atoms with Crippen LogP contribution in [0.4, 0.5) is 13.2 Å². The molecule has 5 aromatic rings. The molecule has 1 aliphatic rings. The molecule has 0 aliphatic heterocycles. The fourth-order valence-electron chi connectivity index (χ4n) is 5.12. The number of halogens is 3. The zero-order valence-electron chi connectivity index (χ0n) is 23.3. The molecule has 1 unspecified atom stereocenters. The van der Waals surface area contributed by atoms with E-state index in [0.29, 0.717) is 35.0 Å². The standard InChI is InChI=1S/C29H29F3N8O/c1-16(2)39-14-21(29(30,31)32)37-25(39)18-8-6-17(7-9-18)13-40-26-19(12-36-40)11-33-24(38-26)22-23(20-10-28(20,3)4)34-15-35-27(22)41-5/h6-9,11-12,14-16,20H,10,13H2,1-5H3. The van der Waals surface area contributed by atoms with E-state index in [1.807, 2.05) is 26.0 Å². The van der Waals surface area contributed by atoms with Gasteiger partial charge < -0.3 is 9.30 Å². The minimum atomic E-state index is -4.51. The third-order valence-electron chi connectivity index (χ3n) is 7.60. The minimum absolute atomic E-state index is 0.132. The van der Waals surface area contributed by atoms with Crippen LogP contribution in [0.25, 0.3) is 33.8 Å². The number of benzene rings is 1. The van der Waals surface area contributed by atoms with Gasteiger partial charge in [0.05, 0.1) is 30.9 Å². The van der Waals surface area contributed by atoms with Gasteiger partial charge in [0.2, 0.25) is 5.88 Å². The molecule has 1 fully saturated rings. The van der Waals surface area contributed by atoms with E-state index in [1.165, 1.54) is 10.9 Å². The molecule has 41 heavy (non-hydrogen) atoms. The lowest BCUT2D eigenvalue weighted by Crippen LogP contribution is -2.06. The summed E-state index contributed by atoms with van der Waals surface area (Å²) in [6.07, 6.45) is 2.49. The van der Waals surface area contributed by atoms with Crippen LogP contribution in [0.2, 0.25) is 0 Å². The molecule has 9 nitrogen and oxygen atoms in total. The first-order valence-electron chi connectivity index (χ1n) is 13.3. The summed E-state index contributed by atoms with van der Waals surface area (Å²) in [5.41, 5.74) is 2.92. The molecule has 1 saturated carbocycles. The number of hydrogen-bond donors (Lipinski definition) is 0. The first kappa shape index (κ1) is 26.9. The zero-order chi connectivity index (χ0) is 29.1. The van der Waals surface area contributed by atoms with Crippen LogP contribution in [0.5, 0.6) is 5.88 Å². The summed E-state index contributed by atoms with van der Waals surface area (Å²) in [4.78, 5) is 22.2. The highest BCUT2D eigenvalue weighted by Crippen LogP contribution is 2.60. The highest BCUT2D eigenvalue weighted by Gasteiger charge is 2.49. The number of rotatable bonds is 7. The van der Waals surface area contributed by atoms with Crippen molar-refractivity contribution in [3.63, 3.8) is 0 Å².